The van der Waals surface area contributed by atoms with E-state index < -0.39 is 18.9 Å². The van der Waals surface area contributed by atoms with Gasteiger partial charge in [0.25, 0.3) is 0 Å². The van der Waals surface area contributed by atoms with Crippen LogP contribution in [0.25, 0.3) is 0 Å². The van der Waals surface area contributed by atoms with Crippen molar-refractivity contribution < 1.29 is 24.4 Å². The third-order valence-corrected chi connectivity index (χ3v) is 5.48. The topological polar surface area (TPSA) is 95.9 Å². The standard InChI is InChI=1S/C25H34BNO5/c1-18(2)13-22(26(30)31)16-23(28)15-21(14-19-7-5-4-6-8-19)25(29)27-17-20-9-11-24(32-3)12-10-20/h4-12,18,21-22,30-31H,13-17H2,1-3H3,(H,27,29)/t21-,22-/m1/s1. The molecule has 6 nitrogen and oxygen atoms in total. The van der Waals surface area contributed by atoms with Crippen molar-refractivity contribution in [3.8, 4) is 5.75 Å². The van der Waals surface area contributed by atoms with Crippen molar-refractivity contribution in [2.45, 2.75) is 51.9 Å². The van der Waals surface area contributed by atoms with Crippen LogP contribution in [0.5, 0.6) is 5.75 Å². The minimum absolute atomic E-state index is 0.0485. The molecular weight excluding hydrogens is 405 g/mol. The van der Waals surface area contributed by atoms with Gasteiger partial charge < -0.3 is 20.1 Å². The zero-order valence-electron chi connectivity index (χ0n) is 19.2. The molecule has 0 radical (unpaired) electrons. The van der Waals surface area contributed by atoms with Crippen molar-refractivity contribution in [3.05, 3.63) is 65.7 Å². The summed E-state index contributed by atoms with van der Waals surface area (Å²) in [6, 6.07) is 17.0. The third kappa shape index (κ3) is 8.85. The van der Waals surface area contributed by atoms with E-state index in [1.807, 2.05) is 68.4 Å². The first-order chi connectivity index (χ1) is 15.3. The number of carbonyl (C=O) groups excluding carboxylic acids is 2. The van der Waals surface area contributed by atoms with Crippen molar-refractivity contribution in [2.75, 3.05) is 7.11 Å². The zero-order valence-corrected chi connectivity index (χ0v) is 19.2. The second-order valence-corrected chi connectivity index (χ2v) is 8.70. The second-order valence-electron chi connectivity index (χ2n) is 8.70. The van der Waals surface area contributed by atoms with E-state index >= 15 is 0 Å². The molecule has 172 valence electrons. The molecule has 1 amide bonds. The summed E-state index contributed by atoms with van der Waals surface area (Å²) in [5.74, 6) is -0.398. The van der Waals surface area contributed by atoms with E-state index in [-0.39, 0.29) is 30.4 Å². The number of benzene rings is 2. The number of carbonyl (C=O) groups is 2. The van der Waals surface area contributed by atoms with E-state index in [1.165, 1.54) is 0 Å². The van der Waals surface area contributed by atoms with Crippen molar-refractivity contribution in [2.24, 2.45) is 11.8 Å². The minimum Gasteiger partial charge on any atom is -0.497 e. The number of hydrogen-bond acceptors (Lipinski definition) is 5. The van der Waals surface area contributed by atoms with E-state index in [2.05, 4.69) is 5.32 Å². The fourth-order valence-corrected chi connectivity index (χ4v) is 3.80. The number of methoxy groups -OCH3 is 1. The number of ether oxygens (including phenoxy) is 1. The molecule has 0 aromatic heterocycles. The summed E-state index contributed by atoms with van der Waals surface area (Å²) < 4.78 is 5.15. The Kier molecular flexibility index (Phi) is 10.4. The number of Topliss-reactive ketones (excluding diaryl/α,β-unsaturated/α-hetero) is 1. The summed E-state index contributed by atoms with van der Waals surface area (Å²) in [6.07, 6.45) is 1.09. The van der Waals surface area contributed by atoms with Gasteiger partial charge in [-0.15, -0.1) is 0 Å². The van der Waals surface area contributed by atoms with E-state index in [4.69, 9.17) is 4.74 Å². The normalized spacial score (nSPS) is 12.8. The van der Waals surface area contributed by atoms with E-state index in [9.17, 15) is 19.6 Å². The molecular formula is C25H34BNO5. The van der Waals surface area contributed by atoms with Crippen LogP contribution in [0, 0.1) is 11.8 Å². The molecule has 7 heteroatoms. The van der Waals surface area contributed by atoms with Gasteiger partial charge in [0.2, 0.25) is 5.91 Å². The molecule has 0 fully saturated rings. The molecule has 2 rings (SSSR count). The fraction of sp³-hybridized carbons (Fsp3) is 0.440. The lowest BCUT2D eigenvalue weighted by Gasteiger charge is -2.20. The van der Waals surface area contributed by atoms with Gasteiger partial charge in [-0.2, -0.15) is 0 Å². The Bertz CT molecular complexity index is 839. The maximum atomic E-state index is 13.0. The SMILES string of the molecule is COc1ccc(CNC(=O)[C@@H](CC(=O)C[C@@H](CC(C)C)B(O)O)Cc2ccccc2)cc1. The van der Waals surface area contributed by atoms with Gasteiger partial charge in [-0.1, -0.05) is 56.3 Å². The van der Waals surface area contributed by atoms with Crippen LogP contribution in [0.1, 0.15) is 44.2 Å². The van der Waals surface area contributed by atoms with Gasteiger partial charge in [-0.25, -0.2) is 0 Å². The van der Waals surface area contributed by atoms with Gasteiger partial charge in [0.15, 0.2) is 0 Å². The van der Waals surface area contributed by atoms with Gasteiger partial charge in [0, 0.05) is 31.1 Å². The van der Waals surface area contributed by atoms with Crippen LogP contribution in [-0.4, -0.2) is 36.0 Å². The Morgan fingerprint density at radius 2 is 1.62 bits per heavy atom. The minimum atomic E-state index is -1.54. The Labute approximate surface area is 191 Å². The molecule has 0 aliphatic heterocycles. The van der Waals surface area contributed by atoms with Gasteiger partial charge >= 0.3 is 7.12 Å². The maximum Gasteiger partial charge on any atom is 0.455 e. The molecule has 32 heavy (non-hydrogen) atoms. The molecule has 2 aromatic carbocycles. The molecule has 0 spiro atoms. The van der Waals surface area contributed by atoms with Crippen LogP contribution in [0.4, 0.5) is 0 Å². The molecule has 0 saturated carbocycles. The molecule has 0 aliphatic rings. The Balaban J connectivity index is 2.05. The largest absolute Gasteiger partial charge is 0.497 e. The summed E-state index contributed by atoms with van der Waals surface area (Å²) >= 11 is 0. The molecule has 2 aromatic rings. The molecule has 0 saturated heterocycles. The Morgan fingerprint density at radius 3 is 2.19 bits per heavy atom. The van der Waals surface area contributed by atoms with Gasteiger partial charge in [0.1, 0.15) is 11.5 Å². The lowest BCUT2D eigenvalue weighted by atomic mass is 9.66. The predicted molar refractivity (Wildman–Crippen MR) is 126 cm³/mol. The third-order valence-electron chi connectivity index (χ3n) is 5.48. The predicted octanol–water partition coefficient (Wildman–Crippen LogP) is 3.41. The lowest BCUT2D eigenvalue weighted by molar-refractivity contribution is -0.129. The highest BCUT2D eigenvalue weighted by atomic mass is 16.5. The van der Waals surface area contributed by atoms with Crippen LogP contribution in [0.3, 0.4) is 0 Å². The monoisotopic (exact) mass is 439 g/mol. The molecule has 0 heterocycles. The highest BCUT2D eigenvalue weighted by Gasteiger charge is 2.29. The first kappa shape index (κ1) is 25.6. The Morgan fingerprint density at radius 1 is 0.969 bits per heavy atom. The average molecular weight is 439 g/mol. The highest BCUT2D eigenvalue weighted by molar-refractivity contribution is 6.43. The summed E-state index contributed by atoms with van der Waals surface area (Å²) in [7, 11) is 0.0570. The number of rotatable bonds is 13. The number of amides is 1. The van der Waals surface area contributed by atoms with Gasteiger partial charge in [0.05, 0.1) is 7.11 Å². The van der Waals surface area contributed by atoms with Gasteiger partial charge in [-0.05, 0) is 42.0 Å². The molecule has 0 unspecified atom stereocenters. The molecule has 0 aliphatic carbocycles. The summed E-state index contributed by atoms with van der Waals surface area (Å²) in [6.45, 7) is 4.31. The average Bonchev–Trinajstić information content (AvgIpc) is 2.77. The van der Waals surface area contributed by atoms with Crippen molar-refractivity contribution in [1.82, 2.24) is 5.32 Å². The van der Waals surface area contributed by atoms with Crippen LogP contribution in [0.2, 0.25) is 5.82 Å². The lowest BCUT2D eigenvalue weighted by Crippen LogP contribution is -2.33. The van der Waals surface area contributed by atoms with Crippen molar-refractivity contribution in [1.29, 1.82) is 0 Å². The summed E-state index contributed by atoms with van der Waals surface area (Å²) in [5.41, 5.74) is 1.91. The number of nitrogens with one attached hydrogen (secondary N) is 1. The van der Waals surface area contributed by atoms with Gasteiger partial charge in [-0.3, -0.25) is 9.59 Å². The molecule has 3 N–H and O–H groups in total. The quantitative estimate of drug-likeness (QED) is 0.416. The fourth-order valence-electron chi connectivity index (χ4n) is 3.80. The first-order valence-corrected chi connectivity index (χ1v) is 11.1. The van der Waals surface area contributed by atoms with Crippen molar-refractivity contribution >= 4 is 18.8 Å². The molecule has 2 atom stereocenters. The zero-order chi connectivity index (χ0) is 23.5. The van der Waals surface area contributed by atoms with Crippen LogP contribution >= 0.6 is 0 Å². The van der Waals surface area contributed by atoms with Crippen LogP contribution < -0.4 is 10.1 Å². The highest BCUT2D eigenvalue weighted by Crippen LogP contribution is 2.25. The molecule has 0 bridgehead atoms. The number of hydrogen-bond donors (Lipinski definition) is 3. The van der Waals surface area contributed by atoms with E-state index in [0.29, 0.717) is 19.4 Å². The second kappa shape index (κ2) is 13.0. The summed E-state index contributed by atoms with van der Waals surface area (Å²) in [4.78, 5) is 25.8. The Hall–Kier alpha value is -2.64. The summed E-state index contributed by atoms with van der Waals surface area (Å²) in [5, 5.41) is 22.2. The van der Waals surface area contributed by atoms with Crippen molar-refractivity contribution in [3.63, 3.8) is 0 Å². The van der Waals surface area contributed by atoms with Crippen LogP contribution in [0.15, 0.2) is 54.6 Å². The first-order valence-electron chi connectivity index (χ1n) is 11.1. The van der Waals surface area contributed by atoms with Crippen LogP contribution in [-0.2, 0) is 22.6 Å². The van der Waals surface area contributed by atoms with E-state index in [0.717, 1.165) is 16.9 Å². The number of ketones is 1. The van der Waals surface area contributed by atoms with E-state index in [1.54, 1.807) is 7.11 Å². The smallest absolute Gasteiger partial charge is 0.455 e. The maximum absolute atomic E-state index is 13.0.